The van der Waals surface area contributed by atoms with Gasteiger partial charge in [0.25, 0.3) is 0 Å². The van der Waals surface area contributed by atoms with E-state index in [1.54, 1.807) is 6.92 Å². The molecule has 0 bridgehead atoms. The standard InChI is InChI=1S/C19H30Cl2N2O5/c1-13-16(24)17(25)18(26)19(28-13)23(27)10-2-3-14-4-6-15(7-5-14)22(11-8-20)12-9-21/h4-7,13,16-19,24-27H,2-3,8-12H2,1H3/t13-,16+,17+,18-,19?/m1/s1. The molecule has 1 aliphatic rings. The SMILES string of the molecule is C[C@H]1OC(N(O)CCCc2ccc(N(CCCl)CCCl)cc2)[C@H](O)[C@@H](O)[C@H]1O. The molecule has 0 spiro atoms. The first-order valence-electron chi connectivity index (χ1n) is 9.50. The Hall–Kier alpha value is -0.640. The molecule has 1 aromatic carbocycles. The van der Waals surface area contributed by atoms with Crippen molar-refractivity contribution in [2.75, 3.05) is 36.3 Å². The summed E-state index contributed by atoms with van der Waals surface area (Å²) in [5, 5.41) is 40.7. The van der Waals surface area contributed by atoms with Crippen molar-refractivity contribution >= 4 is 28.9 Å². The molecule has 0 aliphatic carbocycles. The largest absolute Gasteiger partial charge is 0.388 e. The Bertz CT molecular complexity index is 574. The van der Waals surface area contributed by atoms with Crippen LogP contribution in [0, 0.1) is 0 Å². The predicted octanol–water partition coefficient (Wildman–Crippen LogP) is 1.42. The molecular formula is C19H30Cl2N2O5. The van der Waals surface area contributed by atoms with Gasteiger partial charge in [0.2, 0.25) is 0 Å². The Morgan fingerprint density at radius 2 is 1.54 bits per heavy atom. The van der Waals surface area contributed by atoms with Crippen LogP contribution in [0.15, 0.2) is 24.3 Å². The van der Waals surface area contributed by atoms with E-state index in [1.807, 2.05) is 24.3 Å². The number of aliphatic hydroxyl groups excluding tert-OH is 3. The zero-order valence-electron chi connectivity index (χ0n) is 16.0. The minimum atomic E-state index is -1.38. The number of hydrogen-bond acceptors (Lipinski definition) is 7. The molecule has 1 aliphatic heterocycles. The van der Waals surface area contributed by atoms with Crippen LogP contribution in [0.4, 0.5) is 5.69 Å². The summed E-state index contributed by atoms with van der Waals surface area (Å²) >= 11 is 11.7. The third-order valence-corrected chi connectivity index (χ3v) is 5.32. The zero-order chi connectivity index (χ0) is 20.7. The van der Waals surface area contributed by atoms with Crippen molar-refractivity contribution < 1.29 is 25.3 Å². The van der Waals surface area contributed by atoms with Gasteiger partial charge in [-0.3, -0.25) is 0 Å². The highest BCUT2D eigenvalue weighted by atomic mass is 35.5. The highest BCUT2D eigenvalue weighted by Gasteiger charge is 2.44. The van der Waals surface area contributed by atoms with Gasteiger partial charge in [0, 0.05) is 37.1 Å². The average molecular weight is 437 g/mol. The number of aryl methyl sites for hydroxylation is 1. The molecule has 0 saturated carbocycles. The molecule has 9 heteroatoms. The highest BCUT2D eigenvalue weighted by molar-refractivity contribution is 6.18. The highest BCUT2D eigenvalue weighted by Crippen LogP contribution is 2.23. The van der Waals surface area contributed by atoms with E-state index in [2.05, 4.69) is 4.90 Å². The lowest BCUT2D eigenvalue weighted by Gasteiger charge is -2.41. The van der Waals surface area contributed by atoms with Crippen molar-refractivity contribution in [2.24, 2.45) is 0 Å². The van der Waals surface area contributed by atoms with Gasteiger partial charge in [0.05, 0.1) is 6.10 Å². The summed E-state index contributed by atoms with van der Waals surface area (Å²) in [6, 6.07) is 8.11. The Balaban J connectivity index is 1.84. The van der Waals surface area contributed by atoms with E-state index in [-0.39, 0.29) is 6.54 Å². The van der Waals surface area contributed by atoms with Crippen LogP contribution in [0.5, 0.6) is 0 Å². The van der Waals surface area contributed by atoms with Crippen molar-refractivity contribution in [3.63, 3.8) is 0 Å². The van der Waals surface area contributed by atoms with Crippen LogP contribution < -0.4 is 4.90 Å². The van der Waals surface area contributed by atoms with E-state index >= 15 is 0 Å². The molecular weight excluding hydrogens is 407 g/mol. The second-order valence-electron chi connectivity index (χ2n) is 7.00. The van der Waals surface area contributed by atoms with E-state index in [0.717, 1.165) is 35.8 Å². The summed E-state index contributed by atoms with van der Waals surface area (Å²) in [5.74, 6) is 1.06. The Kier molecular flexibility index (Phi) is 9.73. The first-order valence-corrected chi connectivity index (χ1v) is 10.6. The van der Waals surface area contributed by atoms with E-state index in [0.29, 0.717) is 18.2 Å². The lowest BCUT2D eigenvalue weighted by Crippen LogP contribution is -2.61. The number of halogens is 2. The van der Waals surface area contributed by atoms with Crippen molar-refractivity contribution in [1.29, 1.82) is 0 Å². The van der Waals surface area contributed by atoms with Gasteiger partial charge in [-0.15, -0.1) is 23.2 Å². The molecule has 1 heterocycles. The molecule has 0 radical (unpaired) electrons. The van der Waals surface area contributed by atoms with E-state index in [1.165, 1.54) is 0 Å². The van der Waals surface area contributed by atoms with Crippen LogP contribution in [0.2, 0.25) is 0 Å². The summed E-state index contributed by atoms with van der Waals surface area (Å²) in [6.07, 6.45) is -4.33. The maximum Gasteiger partial charge on any atom is 0.161 e. The van der Waals surface area contributed by atoms with Crippen LogP contribution in [-0.4, -0.2) is 87.6 Å². The molecule has 5 atom stereocenters. The van der Waals surface area contributed by atoms with E-state index in [4.69, 9.17) is 27.9 Å². The smallest absolute Gasteiger partial charge is 0.161 e. The van der Waals surface area contributed by atoms with Gasteiger partial charge in [-0.25, -0.2) is 0 Å². The van der Waals surface area contributed by atoms with Crippen LogP contribution in [0.1, 0.15) is 18.9 Å². The molecule has 1 unspecified atom stereocenters. The van der Waals surface area contributed by atoms with Gasteiger partial charge in [-0.05, 0) is 37.5 Å². The molecule has 1 saturated heterocycles. The van der Waals surface area contributed by atoms with Gasteiger partial charge in [0.15, 0.2) is 6.23 Å². The minimum Gasteiger partial charge on any atom is -0.388 e. The van der Waals surface area contributed by atoms with Crippen molar-refractivity contribution in [1.82, 2.24) is 5.06 Å². The molecule has 1 aromatic rings. The van der Waals surface area contributed by atoms with Crippen molar-refractivity contribution in [3.8, 4) is 0 Å². The predicted molar refractivity (Wildman–Crippen MR) is 109 cm³/mol. The number of aliphatic hydroxyl groups is 3. The fraction of sp³-hybridized carbons (Fsp3) is 0.684. The fourth-order valence-corrected chi connectivity index (χ4v) is 3.70. The van der Waals surface area contributed by atoms with Crippen LogP contribution in [-0.2, 0) is 11.2 Å². The number of anilines is 1. The summed E-state index contributed by atoms with van der Waals surface area (Å²) in [7, 11) is 0. The molecule has 1 fully saturated rings. The normalized spacial score (nSPS) is 27.9. The first-order chi connectivity index (χ1) is 13.4. The fourth-order valence-electron chi connectivity index (χ4n) is 3.30. The minimum absolute atomic E-state index is 0.254. The average Bonchev–Trinajstić information content (AvgIpc) is 2.69. The molecule has 7 nitrogen and oxygen atoms in total. The molecule has 160 valence electrons. The molecule has 0 aromatic heterocycles. The monoisotopic (exact) mass is 436 g/mol. The topological polar surface area (TPSA) is 96.6 Å². The lowest BCUT2D eigenvalue weighted by molar-refractivity contribution is -0.313. The van der Waals surface area contributed by atoms with E-state index in [9.17, 15) is 20.5 Å². The van der Waals surface area contributed by atoms with Crippen molar-refractivity contribution in [2.45, 2.75) is 50.4 Å². The summed E-state index contributed by atoms with van der Waals surface area (Å²) in [4.78, 5) is 2.13. The van der Waals surface area contributed by atoms with Crippen molar-refractivity contribution in [3.05, 3.63) is 29.8 Å². The second-order valence-corrected chi connectivity index (χ2v) is 7.76. The van der Waals surface area contributed by atoms with Gasteiger partial charge in [-0.2, -0.15) is 5.06 Å². The Morgan fingerprint density at radius 1 is 0.929 bits per heavy atom. The van der Waals surface area contributed by atoms with E-state index < -0.39 is 30.6 Å². The summed E-state index contributed by atoms with van der Waals surface area (Å²) < 4.78 is 5.42. The van der Waals surface area contributed by atoms with Crippen LogP contribution in [0.25, 0.3) is 0 Å². The number of hydrogen-bond donors (Lipinski definition) is 4. The lowest BCUT2D eigenvalue weighted by atomic mass is 9.99. The number of nitrogens with zero attached hydrogens (tertiary/aromatic N) is 2. The number of benzene rings is 1. The zero-order valence-corrected chi connectivity index (χ0v) is 17.5. The molecule has 4 N–H and O–H groups in total. The van der Waals surface area contributed by atoms with Gasteiger partial charge in [0.1, 0.15) is 18.3 Å². The quantitative estimate of drug-likeness (QED) is 0.325. The second kappa shape index (κ2) is 11.5. The van der Waals surface area contributed by atoms with Gasteiger partial charge < -0.3 is 30.2 Å². The Labute approximate surface area is 176 Å². The van der Waals surface area contributed by atoms with Gasteiger partial charge >= 0.3 is 0 Å². The summed E-state index contributed by atoms with van der Waals surface area (Å²) in [5.41, 5.74) is 2.18. The third-order valence-electron chi connectivity index (χ3n) is 4.98. The number of ether oxygens (including phenoxy) is 1. The van der Waals surface area contributed by atoms with Gasteiger partial charge in [-0.1, -0.05) is 12.1 Å². The maximum absolute atomic E-state index is 10.2. The Morgan fingerprint density at radius 3 is 2.11 bits per heavy atom. The maximum atomic E-state index is 10.2. The third kappa shape index (κ3) is 6.18. The van der Waals surface area contributed by atoms with Crippen LogP contribution >= 0.6 is 23.2 Å². The van der Waals surface area contributed by atoms with Crippen LogP contribution in [0.3, 0.4) is 0 Å². The number of alkyl halides is 2. The molecule has 28 heavy (non-hydrogen) atoms. The molecule has 2 rings (SSSR count). The number of rotatable bonds is 10. The first kappa shape index (κ1) is 23.6. The number of hydroxylamine groups is 2. The molecule has 0 amide bonds. The summed E-state index contributed by atoms with van der Waals surface area (Å²) in [6.45, 7) is 3.30.